The molecule has 0 amide bonds. The topological polar surface area (TPSA) is 29.9 Å². The molecule has 1 aromatic rings. The molecule has 1 saturated carbocycles. The Bertz CT molecular complexity index is 455. The third-order valence-electron chi connectivity index (χ3n) is 4.02. The van der Waals surface area contributed by atoms with Crippen molar-refractivity contribution in [3.05, 3.63) is 29.4 Å². The summed E-state index contributed by atoms with van der Waals surface area (Å²) in [5.74, 6) is 1.16. The van der Waals surface area contributed by atoms with Crippen molar-refractivity contribution in [2.45, 2.75) is 58.0 Å². The van der Waals surface area contributed by atoms with Gasteiger partial charge in [0, 0.05) is 24.8 Å². The highest BCUT2D eigenvalue weighted by molar-refractivity contribution is 5.21. The van der Waals surface area contributed by atoms with Crippen molar-refractivity contribution < 1.29 is 0 Å². The van der Waals surface area contributed by atoms with E-state index in [0.717, 1.165) is 31.4 Å². The number of nitrogens with one attached hydrogen (secondary N) is 1. The van der Waals surface area contributed by atoms with Crippen LogP contribution in [0.5, 0.6) is 0 Å². The van der Waals surface area contributed by atoms with Crippen LogP contribution in [0.25, 0.3) is 0 Å². The lowest BCUT2D eigenvalue weighted by molar-refractivity contribution is 0.609. The largest absolute Gasteiger partial charge is 0.328 e. The SMILES string of the molecule is C=C(CNC1CC1)Cn1c(C)nc2c1CCCC2. The van der Waals surface area contributed by atoms with E-state index in [1.54, 1.807) is 0 Å². The highest BCUT2D eigenvalue weighted by atomic mass is 15.1. The molecule has 2 aliphatic carbocycles. The van der Waals surface area contributed by atoms with Crippen LogP contribution >= 0.6 is 0 Å². The molecule has 2 aliphatic rings. The van der Waals surface area contributed by atoms with Crippen LogP contribution in [-0.4, -0.2) is 22.1 Å². The van der Waals surface area contributed by atoms with E-state index < -0.39 is 0 Å². The normalized spacial score (nSPS) is 18.7. The van der Waals surface area contributed by atoms with Gasteiger partial charge in [-0.3, -0.25) is 0 Å². The lowest BCUT2D eigenvalue weighted by Gasteiger charge is -2.16. The molecule has 3 heteroatoms. The van der Waals surface area contributed by atoms with E-state index in [-0.39, 0.29) is 0 Å². The van der Waals surface area contributed by atoms with Gasteiger partial charge >= 0.3 is 0 Å². The van der Waals surface area contributed by atoms with Crippen molar-refractivity contribution in [2.24, 2.45) is 0 Å². The maximum absolute atomic E-state index is 4.71. The second-order valence-corrected chi connectivity index (χ2v) is 5.75. The Kier molecular flexibility index (Phi) is 3.25. The fourth-order valence-corrected chi connectivity index (χ4v) is 2.80. The van der Waals surface area contributed by atoms with Crippen LogP contribution in [0.1, 0.15) is 42.9 Å². The molecule has 1 heterocycles. The van der Waals surface area contributed by atoms with Crippen molar-refractivity contribution in [3.63, 3.8) is 0 Å². The number of rotatable bonds is 5. The molecule has 1 N–H and O–H groups in total. The summed E-state index contributed by atoms with van der Waals surface area (Å²) < 4.78 is 2.38. The van der Waals surface area contributed by atoms with E-state index in [2.05, 4.69) is 23.4 Å². The molecule has 3 rings (SSSR count). The summed E-state index contributed by atoms with van der Waals surface area (Å²) in [6, 6.07) is 0.763. The van der Waals surface area contributed by atoms with Crippen LogP contribution in [0.15, 0.2) is 12.2 Å². The number of imidazole rings is 1. The fraction of sp³-hybridized carbons (Fsp3) is 0.667. The van der Waals surface area contributed by atoms with Gasteiger partial charge in [0.05, 0.1) is 5.69 Å². The zero-order chi connectivity index (χ0) is 12.5. The summed E-state index contributed by atoms with van der Waals surface area (Å²) in [5, 5.41) is 3.54. The van der Waals surface area contributed by atoms with Gasteiger partial charge in [-0.2, -0.15) is 0 Å². The van der Waals surface area contributed by atoms with Crippen molar-refractivity contribution in [1.82, 2.24) is 14.9 Å². The van der Waals surface area contributed by atoms with E-state index in [4.69, 9.17) is 4.98 Å². The summed E-state index contributed by atoms with van der Waals surface area (Å²) in [6.45, 7) is 8.23. The maximum atomic E-state index is 4.71. The van der Waals surface area contributed by atoms with Gasteiger partial charge in [0.2, 0.25) is 0 Å². The molecule has 0 radical (unpaired) electrons. The van der Waals surface area contributed by atoms with Crippen LogP contribution in [0.2, 0.25) is 0 Å². The molecule has 3 nitrogen and oxygen atoms in total. The first-order chi connectivity index (χ1) is 8.74. The predicted octanol–water partition coefficient (Wildman–Crippen LogP) is 2.38. The molecule has 0 saturated heterocycles. The van der Waals surface area contributed by atoms with E-state index in [0.29, 0.717) is 0 Å². The van der Waals surface area contributed by atoms with Crippen molar-refractivity contribution in [3.8, 4) is 0 Å². The summed E-state index contributed by atoms with van der Waals surface area (Å²) in [5.41, 5.74) is 4.07. The third-order valence-corrected chi connectivity index (χ3v) is 4.02. The van der Waals surface area contributed by atoms with Crippen LogP contribution in [0, 0.1) is 6.92 Å². The molecule has 98 valence electrons. The molecule has 0 spiro atoms. The first kappa shape index (κ1) is 12.0. The summed E-state index contributed by atoms with van der Waals surface area (Å²) in [6.07, 6.45) is 7.65. The van der Waals surface area contributed by atoms with Crippen molar-refractivity contribution in [1.29, 1.82) is 0 Å². The number of aromatic nitrogens is 2. The van der Waals surface area contributed by atoms with Crippen LogP contribution in [0.3, 0.4) is 0 Å². The lowest BCUT2D eigenvalue weighted by Crippen LogP contribution is -2.22. The number of nitrogens with zero attached hydrogens (tertiary/aromatic N) is 2. The quantitative estimate of drug-likeness (QED) is 0.807. The average Bonchev–Trinajstić information content (AvgIpc) is 3.14. The second kappa shape index (κ2) is 4.88. The van der Waals surface area contributed by atoms with Gasteiger partial charge in [-0.1, -0.05) is 6.58 Å². The summed E-state index contributed by atoms with van der Waals surface area (Å²) >= 11 is 0. The molecule has 0 bridgehead atoms. The standard InChI is InChI=1S/C15H23N3/c1-11(9-16-13-7-8-13)10-18-12(2)17-14-5-3-4-6-15(14)18/h13,16H,1,3-10H2,2H3. The monoisotopic (exact) mass is 245 g/mol. The van der Waals surface area contributed by atoms with E-state index >= 15 is 0 Å². The lowest BCUT2D eigenvalue weighted by atomic mass is 10.0. The van der Waals surface area contributed by atoms with Gasteiger partial charge in [0.1, 0.15) is 5.82 Å². The molecule has 18 heavy (non-hydrogen) atoms. The number of hydrogen-bond donors (Lipinski definition) is 1. The summed E-state index contributed by atoms with van der Waals surface area (Å²) in [7, 11) is 0. The maximum Gasteiger partial charge on any atom is 0.106 e. The zero-order valence-electron chi connectivity index (χ0n) is 11.3. The Morgan fingerprint density at radius 1 is 1.39 bits per heavy atom. The summed E-state index contributed by atoms with van der Waals surface area (Å²) in [4.78, 5) is 4.71. The molecule has 1 fully saturated rings. The molecule has 0 aromatic carbocycles. The van der Waals surface area contributed by atoms with E-state index in [9.17, 15) is 0 Å². The molecule has 0 unspecified atom stereocenters. The number of aryl methyl sites for hydroxylation is 2. The highest BCUT2D eigenvalue weighted by Gasteiger charge is 2.21. The first-order valence-electron chi connectivity index (χ1n) is 7.19. The van der Waals surface area contributed by atoms with Gasteiger partial charge in [-0.05, 0) is 51.0 Å². The van der Waals surface area contributed by atoms with Crippen LogP contribution in [-0.2, 0) is 19.4 Å². The highest BCUT2D eigenvalue weighted by Crippen LogP contribution is 2.23. The smallest absolute Gasteiger partial charge is 0.106 e. The van der Waals surface area contributed by atoms with Crippen molar-refractivity contribution >= 4 is 0 Å². The minimum absolute atomic E-state index is 0.763. The van der Waals surface area contributed by atoms with E-state index in [1.807, 2.05) is 0 Å². The average molecular weight is 245 g/mol. The third kappa shape index (κ3) is 2.51. The molecule has 1 aromatic heterocycles. The first-order valence-corrected chi connectivity index (χ1v) is 7.19. The zero-order valence-corrected chi connectivity index (χ0v) is 11.3. The Morgan fingerprint density at radius 2 is 2.17 bits per heavy atom. The molecular formula is C15H23N3. The fourth-order valence-electron chi connectivity index (χ4n) is 2.80. The predicted molar refractivity (Wildman–Crippen MR) is 73.8 cm³/mol. The Morgan fingerprint density at radius 3 is 2.94 bits per heavy atom. The minimum atomic E-state index is 0.763. The molecule has 0 atom stereocenters. The van der Waals surface area contributed by atoms with Crippen molar-refractivity contribution in [2.75, 3.05) is 6.54 Å². The molecule has 0 aliphatic heterocycles. The Hall–Kier alpha value is -1.09. The number of hydrogen-bond acceptors (Lipinski definition) is 2. The van der Waals surface area contributed by atoms with E-state index in [1.165, 1.54) is 49.1 Å². The van der Waals surface area contributed by atoms with Gasteiger partial charge in [-0.15, -0.1) is 0 Å². The Labute approximate surface area is 109 Å². The second-order valence-electron chi connectivity index (χ2n) is 5.75. The van der Waals surface area contributed by atoms with Crippen LogP contribution in [0.4, 0.5) is 0 Å². The minimum Gasteiger partial charge on any atom is -0.328 e. The Balaban J connectivity index is 1.67. The van der Waals surface area contributed by atoms with Crippen LogP contribution < -0.4 is 5.32 Å². The van der Waals surface area contributed by atoms with Gasteiger partial charge in [0.25, 0.3) is 0 Å². The number of fused-ring (bicyclic) bond motifs is 1. The van der Waals surface area contributed by atoms with Gasteiger partial charge < -0.3 is 9.88 Å². The molecular weight excluding hydrogens is 222 g/mol. The van der Waals surface area contributed by atoms with Gasteiger partial charge in [0.15, 0.2) is 0 Å². The van der Waals surface area contributed by atoms with Gasteiger partial charge in [-0.25, -0.2) is 4.98 Å².